The van der Waals surface area contributed by atoms with E-state index in [1.54, 1.807) is 0 Å². The van der Waals surface area contributed by atoms with E-state index in [4.69, 9.17) is 16.3 Å². The highest BCUT2D eigenvalue weighted by molar-refractivity contribution is 6.32. The van der Waals surface area contributed by atoms with E-state index < -0.39 is 0 Å². The molecule has 0 saturated carbocycles. The summed E-state index contributed by atoms with van der Waals surface area (Å²) in [6, 6.07) is 7.61. The van der Waals surface area contributed by atoms with Gasteiger partial charge in [0.2, 0.25) is 11.8 Å². The van der Waals surface area contributed by atoms with Gasteiger partial charge in [0.1, 0.15) is 17.9 Å². The number of aryl methyl sites for hydroxylation is 1. The number of carbonyl (C=O) groups is 1. The molecule has 1 aromatic heterocycles. The Balaban J connectivity index is 1.60. The average molecular weight is 431 g/mol. The van der Waals surface area contributed by atoms with Gasteiger partial charge in [-0.05, 0) is 38.0 Å². The van der Waals surface area contributed by atoms with Gasteiger partial charge >= 0.3 is 0 Å². The number of unbranched alkanes of at least 4 members (excludes halogenated alkanes) is 3. The molecule has 1 aliphatic rings. The summed E-state index contributed by atoms with van der Waals surface area (Å²) >= 11 is 6.24. The topological polar surface area (TPSA) is 58.6 Å². The fourth-order valence-electron chi connectivity index (χ4n) is 3.74. The van der Waals surface area contributed by atoms with E-state index in [1.165, 1.54) is 19.2 Å². The Labute approximate surface area is 184 Å². The molecule has 2 heterocycles. The van der Waals surface area contributed by atoms with E-state index in [1.807, 2.05) is 36.1 Å². The normalized spacial score (nSPS) is 16.6. The third-order valence-electron chi connectivity index (χ3n) is 5.44. The molecule has 0 bridgehead atoms. The second-order valence-electron chi connectivity index (χ2n) is 7.94. The molecule has 1 saturated heterocycles. The first-order valence-electron chi connectivity index (χ1n) is 10.8. The highest BCUT2D eigenvalue weighted by atomic mass is 35.5. The monoisotopic (exact) mass is 430 g/mol. The van der Waals surface area contributed by atoms with Crippen LogP contribution in [-0.2, 0) is 4.79 Å². The van der Waals surface area contributed by atoms with E-state index in [9.17, 15) is 4.79 Å². The van der Waals surface area contributed by atoms with Crippen LogP contribution in [0, 0.1) is 6.92 Å². The second-order valence-corrected chi connectivity index (χ2v) is 8.35. The van der Waals surface area contributed by atoms with Crippen molar-refractivity contribution in [2.24, 2.45) is 0 Å². The number of hydrogen-bond acceptors (Lipinski definition) is 5. The molecule has 1 fully saturated rings. The van der Waals surface area contributed by atoms with Gasteiger partial charge in [0.15, 0.2) is 0 Å². The molecule has 1 atom stereocenters. The molecule has 0 aliphatic carbocycles. The highest BCUT2D eigenvalue weighted by Gasteiger charge is 2.28. The summed E-state index contributed by atoms with van der Waals surface area (Å²) in [6.07, 6.45) is 6.64. The third-order valence-corrected chi connectivity index (χ3v) is 5.76. The number of aromatic nitrogens is 2. The predicted octanol–water partition coefficient (Wildman–Crippen LogP) is 5.24. The molecule has 0 spiro atoms. The smallest absolute Gasteiger partial charge is 0.224 e. The van der Waals surface area contributed by atoms with Crippen molar-refractivity contribution in [2.45, 2.75) is 58.9 Å². The van der Waals surface area contributed by atoms with Crippen LogP contribution in [0.5, 0.6) is 11.6 Å². The van der Waals surface area contributed by atoms with Crippen molar-refractivity contribution in [3.8, 4) is 11.6 Å². The van der Waals surface area contributed by atoms with Crippen molar-refractivity contribution in [3.63, 3.8) is 0 Å². The first-order valence-corrected chi connectivity index (χ1v) is 11.2. The number of carbonyl (C=O) groups excluding carboxylic acids is 1. The van der Waals surface area contributed by atoms with E-state index in [2.05, 4.69) is 28.7 Å². The lowest BCUT2D eigenvalue weighted by Crippen LogP contribution is -2.54. The van der Waals surface area contributed by atoms with Crippen LogP contribution >= 0.6 is 11.6 Å². The summed E-state index contributed by atoms with van der Waals surface area (Å²) in [6.45, 7) is 8.46. The molecule has 0 radical (unpaired) electrons. The number of nitrogens with zero attached hydrogens (tertiary/aromatic N) is 4. The first kappa shape index (κ1) is 22.3. The lowest BCUT2D eigenvalue weighted by atomic mass is 10.1. The maximum Gasteiger partial charge on any atom is 0.224 e. The van der Waals surface area contributed by atoms with Crippen molar-refractivity contribution >= 4 is 23.3 Å². The van der Waals surface area contributed by atoms with Crippen molar-refractivity contribution in [2.75, 3.05) is 24.5 Å². The zero-order chi connectivity index (χ0) is 21.5. The minimum Gasteiger partial charge on any atom is -0.437 e. The van der Waals surface area contributed by atoms with Crippen LogP contribution < -0.4 is 9.64 Å². The molecular formula is C23H31ClN4O2. The zero-order valence-corrected chi connectivity index (χ0v) is 18.9. The highest BCUT2D eigenvalue weighted by Crippen LogP contribution is 2.30. The summed E-state index contributed by atoms with van der Waals surface area (Å²) in [5.41, 5.74) is 1.06. The van der Waals surface area contributed by atoms with Crippen LogP contribution in [0.15, 0.2) is 30.6 Å². The number of anilines is 1. The van der Waals surface area contributed by atoms with Gasteiger partial charge in [0, 0.05) is 38.2 Å². The number of rotatable bonds is 8. The fraction of sp³-hybridized carbons (Fsp3) is 0.522. The largest absolute Gasteiger partial charge is 0.437 e. The number of benzene rings is 1. The molecule has 7 heteroatoms. The fourth-order valence-corrected chi connectivity index (χ4v) is 3.90. The maximum atomic E-state index is 12.6. The van der Waals surface area contributed by atoms with Gasteiger partial charge in [-0.2, -0.15) is 0 Å². The first-order chi connectivity index (χ1) is 14.5. The van der Waals surface area contributed by atoms with Gasteiger partial charge < -0.3 is 14.5 Å². The molecule has 1 aromatic carbocycles. The minimum atomic E-state index is 0.142. The lowest BCUT2D eigenvalue weighted by molar-refractivity contribution is -0.133. The Kier molecular flexibility index (Phi) is 7.91. The number of hydrogen-bond donors (Lipinski definition) is 0. The maximum absolute atomic E-state index is 12.6. The molecule has 3 rings (SSSR count). The molecule has 162 valence electrons. The molecule has 30 heavy (non-hydrogen) atoms. The van der Waals surface area contributed by atoms with E-state index in [-0.39, 0.29) is 11.9 Å². The quantitative estimate of drug-likeness (QED) is 0.536. The zero-order valence-electron chi connectivity index (χ0n) is 18.1. The van der Waals surface area contributed by atoms with Crippen LogP contribution in [0.3, 0.4) is 0 Å². The summed E-state index contributed by atoms with van der Waals surface area (Å²) in [7, 11) is 0. The Bertz CT molecular complexity index is 861. The van der Waals surface area contributed by atoms with Gasteiger partial charge in [0.05, 0.1) is 5.02 Å². The number of ether oxygens (including phenoxy) is 1. The average Bonchev–Trinajstić information content (AvgIpc) is 2.74. The molecular weight excluding hydrogens is 400 g/mol. The van der Waals surface area contributed by atoms with Crippen molar-refractivity contribution in [3.05, 3.63) is 41.2 Å². The van der Waals surface area contributed by atoms with Gasteiger partial charge in [-0.1, -0.05) is 43.9 Å². The molecule has 6 nitrogen and oxygen atoms in total. The molecule has 2 aromatic rings. The molecule has 1 unspecified atom stereocenters. The number of halogens is 1. The minimum absolute atomic E-state index is 0.142. The summed E-state index contributed by atoms with van der Waals surface area (Å²) in [5, 5.41) is 0.542. The van der Waals surface area contributed by atoms with E-state index in [0.29, 0.717) is 29.6 Å². The van der Waals surface area contributed by atoms with Gasteiger partial charge in [-0.15, -0.1) is 0 Å². The Morgan fingerprint density at radius 2 is 2.03 bits per heavy atom. The SMILES string of the molecule is CCCCCCC(=O)N1CCN(c2cc(Oc3cc(C)ccc3Cl)ncn2)CC1C. The van der Waals surface area contributed by atoms with Crippen molar-refractivity contribution in [1.29, 1.82) is 0 Å². The molecule has 0 N–H and O–H groups in total. The Hall–Kier alpha value is -2.34. The van der Waals surface area contributed by atoms with Gasteiger partial charge in [-0.3, -0.25) is 4.79 Å². The van der Waals surface area contributed by atoms with Crippen molar-refractivity contribution in [1.82, 2.24) is 14.9 Å². The van der Waals surface area contributed by atoms with Crippen LogP contribution in [0.4, 0.5) is 5.82 Å². The standard InChI is InChI=1S/C23H31ClN4O2/c1-4-5-6-7-8-23(29)28-12-11-27(15-18(28)3)21-14-22(26-16-25-21)30-20-13-17(2)9-10-19(20)24/h9-10,13-14,16,18H,4-8,11-12,15H2,1-3H3. The van der Waals surface area contributed by atoms with Crippen LogP contribution in [0.1, 0.15) is 51.5 Å². The second kappa shape index (κ2) is 10.6. The van der Waals surface area contributed by atoms with E-state index in [0.717, 1.165) is 37.3 Å². The Morgan fingerprint density at radius 3 is 2.80 bits per heavy atom. The van der Waals surface area contributed by atoms with Crippen molar-refractivity contribution < 1.29 is 9.53 Å². The van der Waals surface area contributed by atoms with E-state index >= 15 is 0 Å². The van der Waals surface area contributed by atoms with Gasteiger partial charge in [0.25, 0.3) is 0 Å². The summed E-state index contributed by atoms with van der Waals surface area (Å²) in [4.78, 5) is 25.4. The molecule has 1 aliphatic heterocycles. The lowest BCUT2D eigenvalue weighted by Gasteiger charge is -2.40. The number of piperazine rings is 1. The van der Waals surface area contributed by atoms with Crippen LogP contribution in [0.25, 0.3) is 0 Å². The summed E-state index contributed by atoms with van der Waals surface area (Å²) in [5.74, 6) is 2.09. The number of amides is 1. The molecule has 1 amide bonds. The van der Waals surface area contributed by atoms with Crippen LogP contribution in [0.2, 0.25) is 5.02 Å². The predicted molar refractivity (Wildman–Crippen MR) is 120 cm³/mol. The summed E-state index contributed by atoms with van der Waals surface area (Å²) < 4.78 is 5.90. The van der Waals surface area contributed by atoms with Crippen LogP contribution in [-0.4, -0.2) is 46.5 Å². The third kappa shape index (κ3) is 5.85. The Morgan fingerprint density at radius 1 is 1.20 bits per heavy atom. The van der Waals surface area contributed by atoms with Gasteiger partial charge in [-0.25, -0.2) is 9.97 Å².